The van der Waals surface area contributed by atoms with Crippen molar-refractivity contribution >= 4 is 22.1 Å². The van der Waals surface area contributed by atoms with E-state index < -0.39 is 0 Å². The monoisotopic (exact) mass is 382 g/mol. The Hall–Kier alpha value is -4.11. The SMILES string of the molecule is COc1ccc(-c2cncc(C#N)c2Nc2cccc3cnccc23)cc1OC. The average molecular weight is 382 g/mol. The molecule has 0 bridgehead atoms. The van der Waals surface area contributed by atoms with Crippen molar-refractivity contribution in [2.45, 2.75) is 0 Å². The Morgan fingerprint density at radius 2 is 1.79 bits per heavy atom. The van der Waals surface area contributed by atoms with Gasteiger partial charge in [0.2, 0.25) is 0 Å². The van der Waals surface area contributed by atoms with Crippen LogP contribution in [0.15, 0.2) is 67.3 Å². The molecule has 0 fully saturated rings. The molecular formula is C23H18N4O2. The van der Waals surface area contributed by atoms with Crippen LogP contribution in [-0.4, -0.2) is 24.2 Å². The lowest BCUT2D eigenvalue weighted by Gasteiger charge is -2.16. The number of nitriles is 1. The number of rotatable bonds is 5. The second-order valence-corrected chi connectivity index (χ2v) is 6.32. The first kappa shape index (κ1) is 18.3. The minimum absolute atomic E-state index is 0.448. The van der Waals surface area contributed by atoms with Crippen molar-refractivity contribution in [3.8, 4) is 28.7 Å². The van der Waals surface area contributed by atoms with E-state index >= 15 is 0 Å². The van der Waals surface area contributed by atoms with Gasteiger partial charge in [-0.25, -0.2) is 0 Å². The van der Waals surface area contributed by atoms with Gasteiger partial charge in [-0.05, 0) is 29.8 Å². The molecule has 0 saturated heterocycles. The van der Waals surface area contributed by atoms with Crippen molar-refractivity contribution in [3.63, 3.8) is 0 Å². The number of pyridine rings is 2. The summed E-state index contributed by atoms with van der Waals surface area (Å²) in [4.78, 5) is 8.43. The number of aromatic nitrogens is 2. The Kier molecular flexibility index (Phi) is 4.95. The van der Waals surface area contributed by atoms with Gasteiger partial charge in [0.05, 0.1) is 25.5 Å². The number of anilines is 2. The Morgan fingerprint density at radius 3 is 2.59 bits per heavy atom. The maximum Gasteiger partial charge on any atom is 0.161 e. The molecule has 0 spiro atoms. The smallest absolute Gasteiger partial charge is 0.161 e. The fourth-order valence-corrected chi connectivity index (χ4v) is 3.27. The molecule has 2 aromatic carbocycles. The molecule has 4 rings (SSSR count). The number of benzene rings is 2. The fourth-order valence-electron chi connectivity index (χ4n) is 3.27. The Morgan fingerprint density at radius 1 is 0.931 bits per heavy atom. The van der Waals surface area contributed by atoms with Crippen LogP contribution in [-0.2, 0) is 0 Å². The van der Waals surface area contributed by atoms with Crippen LogP contribution < -0.4 is 14.8 Å². The van der Waals surface area contributed by atoms with E-state index in [-0.39, 0.29) is 0 Å². The van der Waals surface area contributed by atoms with Gasteiger partial charge < -0.3 is 14.8 Å². The standard InChI is InChI=1S/C23H18N4O2/c1-28-21-7-6-15(10-22(21)29-2)19-14-26-13-17(11-24)23(19)27-20-5-3-4-16-12-25-9-8-18(16)20/h3-10,12-14H,1-2H3,(H,26,27). The van der Waals surface area contributed by atoms with Gasteiger partial charge in [0.15, 0.2) is 11.5 Å². The summed E-state index contributed by atoms with van der Waals surface area (Å²) in [7, 11) is 3.19. The van der Waals surface area contributed by atoms with Crippen molar-refractivity contribution in [2.24, 2.45) is 0 Å². The molecule has 0 aliphatic carbocycles. The highest BCUT2D eigenvalue weighted by Crippen LogP contribution is 2.38. The van der Waals surface area contributed by atoms with Crippen LogP contribution in [0.5, 0.6) is 11.5 Å². The lowest BCUT2D eigenvalue weighted by atomic mass is 10.0. The third kappa shape index (κ3) is 3.42. The lowest BCUT2D eigenvalue weighted by molar-refractivity contribution is 0.355. The molecule has 1 N–H and O–H groups in total. The number of hydrogen-bond acceptors (Lipinski definition) is 6. The summed E-state index contributed by atoms with van der Waals surface area (Å²) in [5.41, 5.74) is 3.66. The molecule has 4 aromatic rings. The summed E-state index contributed by atoms with van der Waals surface area (Å²) >= 11 is 0. The van der Waals surface area contributed by atoms with Crippen LogP contribution >= 0.6 is 0 Å². The van der Waals surface area contributed by atoms with Gasteiger partial charge >= 0.3 is 0 Å². The molecule has 142 valence electrons. The zero-order valence-electron chi connectivity index (χ0n) is 16.0. The maximum absolute atomic E-state index is 9.68. The van der Waals surface area contributed by atoms with Gasteiger partial charge in [0.25, 0.3) is 0 Å². The van der Waals surface area contributed by atoms with Crippen molar-refractivity contribution in [1.82, 2.24) is 9.97 Å². The summed E-state index contributed by atoms with van der Waals surface area (Å²) < 4.78 is 10.8. The molecule has 2 aromatic heterocycles. The third-order valence-corrected chi connectivity index (χ3v) is 4.70. The fraction of sp³-hybridized carbons (Fsp3) is 0.0870. The van der Waals surface area contributed by atoms with Crippen molar-refractivity contribution < 1.29 is 9.47 Å². The first-order chi connectivity index (χ1) is 14.2. The van der Waals surface area contributed by atoms with Crippen LogP contribution in [0.2, 0.25) is 0 Å². The Bertz CT molecular complexity index is 1230. The lowest BCUT2D eigenvalue weighted by Crippen LogP contribution is -1.99. The third-order valence-electron chi connectivity index (χ3n) is 4.70. The number of fused-ring (bicyclic) bond motifs is 1. The number of nitrogens with zero attached hydrogens (tertiary/aromatic N) is 3. The highest BCUT2D eigenvalue weighted by atomic mass is 16.5. The molecule has 0 saturated carbocycles. The second kappa shape index (κ2) is 7.87. The zero-order valence-corrected chi connectivity index (χ0v) is 16.0. The number of ether oxygens (including phenoxy) is 2. The molecule has 0 radical (unpaired) electrons. The van der Waals surface area contributed by atoms with Gasteiger partial charge in [-0.2, -0.15) is 5.26 Å². The average Bonchev–Trinajstić information content (AvgIpc) is 2.79. The van der Waals surface area contributed by atoms with E-state index in [1.807, 2.05) is 48.7 Å². The van der Waals surface area contributed by atoms with E-state index in [0.29, 0.717) is 22.7 Å². The molecule has 6 heteroatoms. The van der Waals surface area contributed by atoms with Crippen molar-refractivity contribution in [2.75, 3.05) is 19.5 Å². The molecule has 6 nitrogen and oxygen atoms in total. The summed E-state index contributed by atoms with van der Waals surface area (Å²) in [6, 6.07) is 15.7. The van der Waals surface area contributed by atoms with E-state index in [2.05, 4.69) is 21.4 Å². The predicted molar refractivity (Wildman–Crippen MR) is 113 cm³/mol. The van der Waals surface area contributed by atoms with Gasteiger partial charge in [-0.1, -0.05) is 18.2 Å². The predicted octanol–water partition coefficient (Wildman–Crippen LogP) is 4.93. The molecule has 2 heterocycles. The van der Waals surface area contributed by atoms with Crippen LogP contribution in [0.1, 0.15) is 5.56 Å². The summed E-state index contributed by atoms with van der Waals surface area (Å²) in [6.07, 6.45) is 6.85. The minimum atomic E-state index is 0.448. The van der Waals surface area contributed by atoms with E-state index in [9.17, 15) is 5.26 Å². The summed E-state index contributed by atoms with van der Waals surface area (Å²) in [5.74, 6) is 1.24. The van der Waals surface area contributed by atoms with Gasteiger partial charge in [0, 0.05) is 46.8 Å². The molecule has 0 aliphatic rings. The van der Waals surface area contributed by atoms with Crippen LogP contribution in [0.4, 0.5) is 11.4 Å². The second-order valence-electron chi connectivity index (χ2n) is 6.32. The van der Waals surface area contributed by atoms with Crippen LogP contribution in [0, 0.1) is 11.3 Å². The normalized spacial score (nSPS) is 10.4. The highest BCUT2D eigenvalue weighted by molar-refractivity contribution is 5.97. The topological polar surface area (TPSA) is 80.1 Å². The summed E-state index contributed by atoms with van der Waals surface area (Å²) in [6.45, 7) is 0. The Labute approximate surface area is 168 Å². The Balaban J connectivity index is 1.87. The van der Waals surface area contributed by atoms with Gasteiger partial charge in [-0.15, -0.1) is 0 Å². The molecule has 0 amide bonds. The molecular weight excluding hydrogens is 364 g/mol. The van der Waals surface area contributed by atoms with E-state index in [1.165, 1.54) is 0 Å². The van der Waals surface area contributed by atoms with Crippen LogP contribution in [0.3, 0.4) is 0 Å². The molecule has 0 aliphatic heterocycles. The summed E-state index contributed by atoms with van der Waals surface area (Å²) in [5, 5.41) is 15.1. The molecule has 29 heavy (non-hydrogen) atoms. The quantitative estimate of drug-likeness (QED) is 0.527. The van der Waals surface area contributed by atoms with E-state index in [0.717, 1.165) is 27.6 Å². The van der Waals surface area contributed by atoms with Crippen molar-refractivity contribution in [1.29, 1.82) is 5.26 Å². The zero-order chi connectivity index (χ0) is 20.2. The van der Waals surface area contributed by atoms with E-state index in [1.54, 1.807) is 32.8 Å². The number of methoxy groups -OCH3 is 2. The number of nitrogens with one attached hydrogen (secondary N) is 1. The van der Waals surface area contributed by atoms with Crippen molar-refractivity contribution in [3.05, 3.63) is 72.8 Å². The van der Waals surface area contributed by atoms with Crippen LogP contribution in [0.25, 0.3) is 21.9 Å². The molecule has 0 atom stereocenters. The van der Waals surface area contributed by atoms with Gasteiger partial charge in [0.1, 0.15) is 6.07 Å². The number of hydrogen-bond donors (Lipinski definition) is 1. The first-order valence-corrected chi connectivity index (χ1v) is 8.95. The maximum atomic E-state index is 9.68. The largest absolute Gasteiger partial charge is 0.493 e. The minimum Gasteiger partial charge on any atom is -0.493 e. The van der Waals surface area contributed by atoms with E-state index in [4.69, 9.17) is 9.47 Å². The first-order valence-electron chi connectivity index (χ1n) is 8.95. The highest BCUT2D eigenvalue weighted by Gasteiger charge is 2.15. The van der Waals surface area contributed by atoms with Gasteiger partial charge in [-0.3, -0.25) is 9.97 Å². The molecule has 0 unspecified atom stereocenters.